The van der Waals surface area contributed by atoms with Crippen molar-refractivity contribution in [1.29, 1.82) is 0 Å². The first kappa shape index (κ1) is 12.4. The third-order valence-electron chi connectivity index (χ3n) is 1.91. The number of nitrogens with one attached hydrogen (secondary N) is 1. The Kier molecular flexibility index (Phi) is 4.64. The number of hydrogen-bond donors (Lipinski definition) is 2. The summed E-state index contributed by atoms with van der Waals surface area (Å²) in [7, 11) is 0. The minimum Gasteiger partial charge on any atom is -0.508 e. The topological polar surface area (TPSA) is 58.6 Å². The summed E-state index contributed by atoms with van der Waals surface area (Å²) in [6, 6.07) is 6.26. The van der Waals surface area contributed by atoms with Crippen molar-refractivity contribution in [1.82, 2.24) is 5.32 Å². The smallest absolute Gasteiger partial charge is 0.257 e. The lowest BCUT2D eigenvalue weighted by Crippen LogP contribution is -2.31. The van der Waals surface area contributed by atoms with E-state index in [9.17, 15) is 4.79 Å². The van der Waals surface area contributed by atoms with Crippen LogP contribution in [0, 0.1) is 5.92 Å². The zero-order valence-corrected chi connectivity index (χ0v) is 9.56. The summed E-state index contributed by atoms with van der Waals surface area (Å²) in [6.45, 7) is 4.71. The van der Waals surface area contributed by atoms with Crippen molar-refractivity contribution in [3.05, 3.63) is 24.3 Å². The van der Waals surface area contributed by atoms with Gasteiger partial charge < -0.3 is 15.2 Å². The van der Waals surface area contributed by atoms with Gasteiger partial charge in [0.25, 0.3) is 5.91 Å². The van der Waals surface area contributed by atoms with E-state index in [0.29, 0.717) is 18.2 Å². The predicted octanol–water partition coefficient (Wildman–Crippen LogP) is 1.54. The molecule has 88 valence electrons. The number of amides is 1. The molecule has 1 amide bonds. The molecule has 0 fully saturated rings. The van der Waals surface area contributed by atoms with Gasteiger partial charge in [0, 0.05) is 6.54 Å². The van der Waals surface area contributed by atoms with Crippen LogP contribution >= 0.6 is 0 Å². The van der Waals surface area contributed by atoms with E-state index in [-0.39, 0.29) is 18.3 Å². The standard InChI is InChI=1S/C12H17NO3/c1-9(2)7-13-12(15)8-16-11-5-3-10(14)4-6-11/h3-6,9,14H,7-8H2,1-2H3,(H,13,15). The molecule has 0 heterocycles. The van der Waals surface area contributed by atoms with E-state index in [2.05, 4.69) is 5.32 Å². The van der Waals surface area contributed by atoms with E-state index >= 15 is 0 Å². The average Bonchev–Trinajstić information content (AvgIpc) is 2.25. The van der Waals surface area contributed by atoms with Crippen LogP contribution in [-0.4, -0.2) is 24.2 Å². The molecule has 1 aromatic rings. The molecule has 0 atom stereocenters. The number of phenols is 1. The fraction of sp³-hybridized carbons (Fsp3) is 0.417. The van der Waals surface area contributed by atoms with Crippen LogP contribution in [0.5, 0.6) is 11.5 Å². The van der Waals surface area contributed by atoms with Crippen molar-refractivity contribution < 1.29 is 14.6 Å². The highest BCUT2D eigenvalue weighted by Gasteiger charge is 2.03. The average molecular weight is 223 g/mol. The van der Waals surface area contributed by atoms with Crippen LogP contribution in [0.4, 0.5) is 0 Å². The minimum absolute atomic E-state index is 0.00248. The van der Waals surface area contributed by atoms with Crippen molar-refractivity contribution in [3.63, 3.8) is 0 Å². The quantitative estimate of drug-likeness (QED) is 0.796. The molecule has 2 N–H and O–H groups in total. The molecule has 0 saturated heterocycles. The van der Waals surface area contributed by atoms with E-state index < -0.39 is 0 Å². The number of carbonyl (C=O) groups excluding carboxylic acids is 1. The number of benzene rings is 1. The van der Waals surface area contributed by atoms with Crippen LogP contribution in [0.3, 0.4) is 0 Å². The molecule has 0 aliphatic carbocycles. The first-order valence-electron chi connectivity index (χ1n) is 5.26. The van der Waals surface area contributed by atoms with Crippen molar-refractivity contribution in [2.45, 2.75) is 13.8 Å². The minimum atomic E-state index is -0.137. The Bertz CT molecular complexity index is 333. The van der Waals surface area contributed by atoms with E-state index in [1.807, 2.05) is 13.8 Å². The number of carbonyl (C=O) groups is 1. The molecule has 16 heavy (non-hydrogen) atoms. The monoisotopic (exact) mass is 223 g/mol. The van der Waals surface area contributed by atoms with Crippen molar-refractivity contribution >= 4 is 5.91 Å². The van der Waals surface area contributed by atoms with Gasteiger partial charge in [0.2, 0.25) is 0 Å². The van der Waals surface area contributed by atoms with Gasteiger partial charge in [-0.3, -0.25) is 4.79 Å². The molecule has 0 aliphatic heterocycles. The third-order valence-corrected chi connectivity index (χ3v) is 1.91. The first-order chi connectivity index (χ1) is 7.58. The van der Waals surface area contributed by atoms with Gasteiger partial charge in [-0.05, 0) is 30.2 Å². The van der Waals surface area contributed by atoms with Gasteiger partial charge >= 0.3 is 0 Å². The summed E-state index contributed by atoms with van der Waals surface area (Å²) in [6.07, 6.45) is 0. The summed E-state index contributed by atoms with van der Waals surface area (Å²) in [5.41, 5.74) is 0. The van der Waals surface area contributed by atoms with E-state index in [1.54, 1.807) is 12.1 Å². The van der Waals surface area contributed by atoms with Gasteiger partial charge in [0.1, 0.15) is 11.5 Å². The molecule has 0 aliphatic rings. The Morgan fingerprint density at radius 3 is 2.56 bits per heavy atom. The number of ether oxygens (including phenoxy) is 1. The lowest BCUT2D eigenvalue weighted by Gasteiger charge is -2.08. The highest BCUT2D eigenvalue weighted by atomic mass is 16.5. The molecule has 0 unspecified atom stereocenters. The first-order valence-corrected chi connectivity index (χ1v) is 5.26. The molecule has 1 rings (SSSR count). The lowest BCUT2D eigenvalue weighted by atomic mass is 10.2. The van der Waals surface area contributed by atoms with Crippen LogP contribution in [-0.2, 0) is 4.79 Å². The fourth-order valence-corrected chi connectivity index (χ4v) is 1.06. The van der Waals surface area contributed by atoms with Crippen LogP contribution in [0.2, 0.25) is 0 Å². The number of aromatic hydroxyl groups is 1. The summed E-state index contributed by atoms with van der Waals surface area (Å²) < 4.78 is 5.23. The SMILES string of the molecule is CC(C)CNC(=O)COc1ccc(O)cc1. The molecule has 0 spiro atoms. The van der Waals surface area contributed by atoms with Crippen molar-refractivity contribution in [3.8, 4) is 11.5 Å². The van der Waals surface area contributed by atoms with Crippen LogP contribution < -0.4 is 10.1 Å². The van der Waals surface area contributed by atoms with E-state index in [4.69, 9.17) is 9.84 Å². The maximum absolute atomic E-state index is 11.3. The molecular weight excluding hydrogens is 206 g/mol. The Balaban J connectivity index is 2.29. The Hall–Kier alpha value is -1.71. The number of hydrogen-bond acceptors (Lipinski definition) is 3. The van der Waals surface area contributed by atoms with Gasteiger partial charge in [0.15, 0.2) is 6.61 Å². The molecular formula is C12H17NO3. The van der Waals surface area contributed by atoms with Gasteiger partial charge in [0.05, 0.1) is 0 Å². The highest BCUT2D eigenvalue weighted by Crippen LogP contribution is 2.15. The summed E-state index contributed by atoms with van der Waals surface area (Å²) in [5.74, 6) is 1.04. The molecule has 0 aromatic heterocycles. The third kappa shape index (κ3) is 4.68. The largest absolute Gasteiger partial charge is 0.508 e. The second-order valence-electron chi connectivity index (χ2n) is 3.98. The molecule has 4 nitrogen and oxygen atoms in total. The van der Waals surface area contributed by atoms with Gasteiger partial charge in [-0.25, -0.2) is 0 Å². The summed E-state index contributed by atoms with van der Waals surface area (Å²) in [5, 5.41) is 11.8. The highest BCUT2D eigenvalue weighted by molar-refractivity contribution is 5.77. The molecule has 1 aromatic carbocycles. The van der Waals surface area contributed by atoms with Crippen LogP contribution in [0.25, 0.3) is 0 Å². The summed E-state index contributed by atoms with van der Waals surface area (Å²) >= 11 is 0. The Morgan fingerprint density at radius 2 is 2.00 bits per heavy atom. The maximum Gasteiger partial charge on any atom is 0.257 e. The fourth-order valence-electron chi connectivity index (χ4n) is 1.06. The van der Waals surface area contributed by atoms with E-state index in [1.165, 1.54) is 12.1 Å². The second kappa shape index (κ2) is 6.00. The zero-order chi connectivity index (χ0) is 12.0. The molecule has 4 heteroatoms. The lowest BCUT2D eigenvalue weighted by molar-refractivity contribution is -0.123. The van der Waals surface area contributed by atoms with Gasteiger partial charge in [-0.2, -0.15) is 0 Å². The van der Waals surface area contributed by atoms with Crippen LogP contribution in [0.15, 0.2) is 24.3 Å². The number of phenolic OH excluding ortho intramolecular Hbond substituents is 1. The number of rotatable bonds is 5. The Labute approximate surface area is 95.2 Å². The predicted molar refractivity (Wildman–Crippen MR) is 61.4 cm³/mol. The van der Waals surface area contributed by atoms with Crippen LogP contribution in [0.1, 0.15) is 13.8 Å². The molecule has 0 bridgehead atoms. The van der Waals surface area contributed by atoms with Crippen molar-refractivity contribution in [2.24, 2.45) is 5.92 Å². The normalized spacial score (nSPS) is 10.2. The van der Waals surface area contributed by atoms with Gasteiger partial charge in [-0.15, -0.1) is 0 Å². The second-order valence-corrected chi connectivity index (χ2v) is 3.98. The molecule has 0 radical (unpaired) electrons. The maximum atomic E-state index is 11.3. The van der Waals surface area contributed by atoms with E-state index in [0.717, 1.165) is 0 Å². The van der Waals surface area contributed by atoms with Gasteiger partial charge in [-0.1, -0.05) is 13.8 Å². The molecule has 0 saturated carbocycles. The zero-order valence-electron chi connectivity index (χ0n) is 9.56. The van der Waals surface area contributed by atoms with Crippen molar-refractivity contribution in [2.75, 3.05) is 13.2 Å². The summed E-state index contributed by atoms with van der Waals surface area (Å²) in [4.78, 5) is 11.3. The Morgan fingerprint density at radius 1 is 1.38 bits per heavy atom.